The average Bonchev–Trinajstić information content (AvgIpc) is 3.18. The quantitative estimate of drug-likeness (QED) is 0.600. The minimum Gasteiger partial charge on any atom is -0.352 e. The summed E-state index contributed by atoms with van der Waals surface area (Å²) in [6.45, 7) is 1.93. The molecule has 0 radical (unpaired) electrons. The predicted molar refractivity (Wildman–Crippen MR) is 92.7 cm³/mol. The fraction of sp³-hybridized carbons (Fsp3) is 0.467. The van der Waals surface area contributed by atoms with Crippen molar-refractivity contribution >= 4 is 51.1 Å². The molecule has 1 saturated carbocycles. The van der Waals surface area contributed by atoms with Gasteiger partial charge in [-0.3, -0.25) is 4.79 Å². The highest BCUT2D eigenvalue weighted by Crippen LogP contribution is 2.25. The van der Waals surface area contributed by atoms with Gasteiger partial charge in [-0.15, -0.1) is 11.6 Å². The Morgan fingerprint density at radius 1 is 1.57 bits per heavy atom. The van der Waals surface area contributed by atoms with Gasteiger partial charge in [-0.2, -0.15) is 0 Å². The zero-order valence-corrected chi connectivity index (χ0v) is 14.7. The minimum atomic E-state index is -0.270. The van der Waals surface area contributed by atoms with E-state index in [1.807, 2.05) is 29.7 Å². The maximum absolute atomic E-state index is 12.4. The second-order valence-electron chi connectivity index (χ2n) is 5.43. The third kappa shape index (κ3) is 3.18. The van der Waals surface area contributed by atoms with E-state index in [0.717, 1.165) is 33.3 Å². The topological polar surface area (TPSA) is 46.9 Å². The first-order chi connectivity index (χ1) is 10.1. The summed E-state index contributed by atoms with van der Waals surface area (Å²) in [6.07, 6.45) is 2.85. The molecule has 0 bridgehead atoms. The Balaban J connectivity index is 2.00. The molecule has 2 aromatic rings. The number of amides is 1. The molecular weight excluding hydrogens is 401 g/mol. The van der Waals surface area contributed by atoms with Gasteiger partial charge in [-0.25, -0.2) is 4.98 Å². The zero-order chi connectivity index (χ0) is 15.0. The maximum Gasteiger partial charge on any atom is 0.243 e. The average molecular weight is 418 g/mol. The molecule has 1 aliphatic carbocycles. The van der Waals surface area contributed by atoms with Crippen LogP contribution in [0.5, 0.6) is 0 Å². The van der Waals surface area contributed by atoms with Gasteiger partial charge in [-0.05, 0) is 60.6 Å². The van der Waals surface area contributed by atoms with Crippen molar-refractivity contribution in [3.8, 4) is 0 Å². The highest BCUT2D eigenvalue weighted by atomic mass is 127. The van der Waals surface area contributed by atoms with Crippen LogP contribution in [0.2, 0.25) is 0 Å². The van der Waals surface area contributed by atoms with E-state index in [9.17, 15) is 4.79 Å². The lowest BCUT2D eigenvalue weighted by atomic mass is 10.2. The number of benzene rings is 1. The number of halogens is 2. The Morgan fingerprint density at radius 2 is 2.33 bits per heavy atom. The first kappa shape index (κ1) is 15.1. The Bertz CT molecular complexity index is 681. The summed E-state index contributed by atoms with van der Waals surface area (Å²) >= 11 is 8.16. The standard InChI is InChI=1S/C15H17ClIN3O/c1-9(15(21)18-11-3-4-11)20-13-5-2-10(17)8-12(13)19-14(20)6-7-16/h2,5,8-9,11H,3-4,6-7H2,1H3,(H,18,21). The Hall–Kier alpha value is -0.820. The van der Waals surface area contributed by atoms with Crippen LogP contribution in [-0.4, -0.2) is 27.4 Å². The van der Waals surface area contributed by atoms with E-state index >= 15 is 0 Å². The van der Waals surface area contributed by atoms with Gasteiger partial charge in [0.2, 0.25) is 5.91 Å². The molecule has 6 heteroatoms. The van der Waals surface area contributed by atoms with Crippen LogP contribution >= 0.6 is 34.2 Å². The molecule has 1 atom stereocenters. The lowest BCUT2D eigenvalue weighted by Gasteiger charge is -2.17. The monoisotopic (exact) mass is 417 g/mol. The van der Waals surface area contributed by atoms with Crippen LogP contribution < -0.4 is 5.32 Å². The molecule has 1 aromatic carbocycles. The molecule has 1 unspecified atom stereocenters. The Labute approximate surface area is 142 Å². The molecule has 0 spiro atoms. The highest BCUT2D eigenvalue weighted by molar-refractivity contribution is 14.1. The molecule has 1 N–H and O–H groups in total. The number of imidazole rings is 1. The van der Waals surface area contributed by atoms with Crippen molar-refractivity contribution in [3.05, 3.63) is 27.6 Å². The molecule has 4 nitrogen and oxygen atoms in total. The molecular formula is C15H17ClIN3O. The van der Waals surface area contributed by atoms with E-state index in [-0.39, 0.29) is 11.9 Å². The van der Waals surface area contributed by atoms with E-state index in [1.54, 1.807) is 0 Å². The second-order valence-corrected chi connectivity index (χ2v) is 7.05. The Morgan fingerprint density at radius 3 is 3.00 bits per heavy atom. The third-order valence-corrected chi connectivity index (χ3v) is 4.59. The number of carbonyl (C=O) groups excluding carboxylic acids is 1. The number of aromatic nitrogens is 2. The molecule has 0 aliphatic heterocycles. The van der Waals surface area contributed by atoms with Crippen molar-refractivity contribution < 1.29 is 4.79 Å². The van der Waals surface area contributed by atoms with Crippen molar-refractivity contribution in [1.82, 2.24) is 14.9 Å². The summed E-state index contributed by atoms with van der Waals surface area (Å²) in [5.41, 5.74) is 1.92. The number of nitrogens with one attached hydrogen (secondary N) is 1. The van der Waals surface area contributed by atoms with Gasteiger partial charge in [0.1, 0.15) is 11.9 Å². The first-order valence-electron chi connectivity index (χ1n) is 7.13. The number of hydrogen-bond donors (Lipinski definition) is 1. The maximum atomic E-state index is 12.4. The lowest BCUT2D eigenvalue weighted by molar-refractivity contribution is -0.124. The number of carbonyl (C=O) groups is 1. The molecule has 112 valence electrons. The van der Waals surface area contributed by atoms with E-state index in [4.69, 9.17) is 11.6 Å². The number of aryl methyl sites for hydroxylation is 1. The van der Waals surface area contributed by atoms with Gasteiger partial charge < -0.3 is 9.88 Å². The molecule has 0 saturated heterocycles. The SMILES string of the molecule is CC(C(=O)NC1CC1)n1c(CCCl)nc2cc(I)ccc21. The Kier molecular flexibility index (Phi) is 4.40. The van der Waals surface area contributed by atoms with E-state index < -0.39 is 0 Å². The van der Waals surface area contributed by atoms with E-state index in [1.165, 1.54) is 0 Å². The van der Waals surface area contributed by atoms with Crippen molar-refractivity contribution in [2.75, 3.05) is 5.88 Å². The number of fused-ring (bicyclic) bond motifs is 1. The normalized spacial score (nSPS) is 16.1. The predicted octanol–water partition coefficient (Wildman–Crippen LogP) is 3.26. The van der Waals surface area contributed by atoms with E-state index in [0.29, 0.717) is 18.3 Å². The fourth-order valence-corrected chi connectivity index (χ4v) is 3.13. The number of hydrogen-bond acceptors (Lipinski definition) is 2. The number of nitrogens with zero attached hydrogens (tertiary/aromatic N) is 2. The number of rotatable bonds is 5. The van der Waals surface area contributed by atoms with Crippen molar-refractivity contribution in [3.63, 3.8) is 0 Å². The molecule has 21 heavy (non-hydrogen) atoms. The first-order valence-corrected chi connectivity index (χ1v) is 8.74. The van der Waals surface area contributed by atoms with Gasteiger partial charge in [-0.1, -0.05) is 0 Å². The lowest BCUT2D eigenvalue weighted by Crippen LogP contribution is -2.33. The van der Waals surface area contributed by atoms with Gasteiger partial charge >= 0.3 is 0 Å². The molecule has 1 aliphatic rings. The molecule has 1 fully saturated rings. The number of alkyl halides is 1. The van der Waals surface area contributed by atoms with Gasteiger partial charge in [0.25, 0.3) is 0 Å². The third-order valence-electron chi connectivity index (χ3n) is 3.73. The molecule has 3 rings (SSSR count). The van der Waals surface area contributed by atoms with Crippen LogP contribution in [0.4, 0.5) is 0 Å². The summed E-state index contributed by atoms with van der Waals surface area (Å²) in [7, 11) is 0. The van der Waals surface area contributed by atoms with Crippen LogP contribution in [-0.2, 0) is 11.2 Å². The van der Waals surface area contributed by atoms with Crippen molar-refractivity contribution in [1.29, 1.82) is 0 Å². The molecule has 1 amide bonds. The van der Waals surface area contributed by atoms with Gasteiger partial charge in [0, 0.05) is 21.9 Å². The van der Waals surface area contributed by atoms with Crippen LogP contribution in [0.25, 0.3) is 11.0 Å². The summed E-state index contributed by atoms with van der Waals surface area (Å²) in [5, 5.41) is 3.07. The summed E-state index contributed by atoms with van der Waals surface area (Å²) in [5.74, 6) is 1.43. The van der Waals surface area contributed by atoms with Crippen LogP contribution in [0.3, 0.4) is 0 Å². The largest absolute Gasteiger partial charge is 0.352 e. The molecule has 1 aromatic heterocycles. The van der Waals surface area contributed by atoms with E-state index in [2.05, 4.69) is 32.9 Å². The molecule has 1 heterocycles. The summed E-state index contributed by atoms with van der Waals surface area (Å²) < 4.78 is 3.16. The summed E-state index contributed by atoms with van der Waals surface area (Å²) in [4.78, 5) is 17.0. The second kappa shape index (κ2) is 6.12. The van der Waals surface area contributed by atoms with Crippen LogP contribution in [0.15, 0.2) is 18.2 Å². The van der Waals surface area contributed by atoms with Crippen molar-refractivity contribution in [2.45, 2.75) is 38.3 Å². The van der Waals surface area contributed by atoms with Crippen LogP contribution in [0, 0.1) is 3.57 Å². The minimum absolute atomic E-state index is 0.0613. The summed E-state index contributed by atoms with van der Waals surface area (Å²) in [6, 6.07) is 6.20. The van der Waals surface area contributed by atoms with Gasteiger partial charge in [0.05, 0.1) is 11.0 Å². The highest BCUT2D eigenvalue weighted by Gasteiger charge is 2.28. The van der Waals surface area contributed by atoms with Gasteiger partial charge in [0.15, 0.2) is 0 Å². The smallest absolute Gasteiger partial charge is 0.243 e. The zero-order valence-electron chi connectivity index (χ0n) is 11.8. The fourth-order valence-electron chi connectivity index (χ4n) is 2.48. The van der Waals surface area contributed by atoms with Crippen LogP contribution in [0.1, 0.15) is 31.6 Å². The van der Waals surface area contributed by atoms with Crippen molar-refractivity contribution in [2.24, 2.45) is 0 Å².